The lowest BCUT2D eigenvalue weighted by Gasteiger charge is -2.06. The number of nitrogens with one attached hydrogen (secondary N) is 1. The zero-order valence-electron chi connectivity index (χ0n) is 9.77. The SMILES string of the molecule is Cc1cccc(NC(=O)c2ncccc2C)n1. The van der Waals surface area contributed by atoms with Crippen molar-refractivity contribution in [2.45, 2.75) is 13.8 Å². The lowest BCUT2D eigenvalue weighted by atomic mass is 10.2. The Labute approximate surface area is 99.7 Å². The molecule has 2 rings (SSSR count). The third-order valence-corrected chi connectivity index (χ3v) is 2.35. The monoisotopic (exact) mass is 227 g/mol. The Balaban J connectivity index is 2.20. The van der Waals surface area contributed by atoms with Crippen LogP contribution in [0, 0.1) is 13.8 Å². The smallest absolute Gasteiger partial charge is 0.275 e. The Morgan fingerprint density at radius 3 is 2.71 bits per heavy atom. The van der Waals surface area contributed by atoms with E-state index in [0.29, 0.717) is 11.5 Å². The molecule has 0 fully saturated rings. The number of anilines is 1. The molecule has 0 saturated carbocycles. The van der Waals surface area contributed by atoms with Gasteiger partial charge in [-0.3, -0.25) is 9.78 Å². The summed E-state index contributed by atoms with van der Waals surface area (Å²) in [5.74, 6) is 0.307. The summed E-state index contributed by atoms with van der Waals surface area (Å²) in [4.78, 5) is 20.2. The molecule has 0 aliphatic heterocycles. The van der Waals surface area contributed by atoms with Crippen LogP contribution in [0.2, 0.25) is 0 Å². The highest BCUT2D eigenvalue weighted by Gasteiger charge is 2.10. The number of carbonyl (C=O) groups is 1. The highest BCUT2D eigenvalue weighted by molar-refractivity contribution is 6.03. The molecule has 4 heteroatoms. The first kappa shape index (κ1) is 11.3. The van der Waals surface area contributed by atoms with E-state index in [-0.39, 0.29) is 5.91 Å². The van der Waals surface area contributed by atoms with Crippen molar-refractivity contribution < 1.29 is 4.79 Å². The van der Waals surface area contributed by atoms with E-state index in [4.69, 9.17) is 0 Å². The van der Waals surface area contributed by atoms with Gasteiger partial charge in [0.15, 0.2) is 0 Å². The second-order valence-corrected chi connectivity index (χ2v) is 3.79. The molecule has 1 N–H and O–H groups in total. The Morgan fingerprint density at radius 2 is 2.00 bits per heavy atom. The Morgan fingerprint density at radius 1 is 1.18 bits per heavy atom. The van der Waals surface area contributed by atoms with Gasteiger partial charge in [0.2, 0.25) is 0 Å². The Hall–Kier alpha value is -2.23. The molecule has 2 aromatic rings. The molecule has 0 saturated heterocycles. The fourth-order valence-corrected chi connectivity index (χ4v) is 1.51. The maximum absolute atomic E-state index is 11.9. The van der Waals surface area contributed by atoms with Crippen molar-refractivity contribution in [3.63, 3.8) is 0 Å². The van der Waals surface area contributed by atoms with E-state index in [9.17, 15) is 4.79 Å². The fourth-order valence-electron chi connectivity index (χ4n) is 1.51. The highest BCUT2D eigenvalue weighted by Crippen LogP contribution is 2.08. The van der Waals surface area contributed by atoms with Crippen LogP contribution in [0.4, 0.5) is 5.82 Å². The average molecular weight is 227 g/mol. The van der Waals surface area contributed by atoms with Gasteiger partial charge in [0.25, 0.3) is 5.91 Å². The van der Waals surface area contributed by atoms with Crippen LogP contribution in [0.15, 0.2) is 36.5 Å². The minimum atomic E-state index is -0.235. The van der Waals surface area contributed by atoms with E-state index in [2.05, 4.69) is 15.3 Å². The maximum Gasteiger partial charge on any atom is 0.275 e. The summed E-state index contributed by atoms with van der Waals surface area (Å²) in [5, 5.41) is 2.73. The maximum atomic E-state index is 11.9. The third kappa shape index (κ3) is 2.66. The summed E-state index contributed by atoms with van der Waals surface area (Å²) in [7, 11) is 0. The van der Waals surface area contributed by atoms with Gasteiger partial charge in [0.1, 0.15) is 11.5 Å². The van der Waals surface area contributed by atoms with Crippen LogP contribution >= 0.6 is 0 Å². The predicted molar refractivity (Wildman–Crippen MR) is 65.9 cm³/mol. The predicted octanol–water partition coefficient (Wildman–Crippen LogP) is 2.35. The summed E-state index contributed by atoms with van der Waals surface area (Å²) in [6.45, 7) is 3.73. The molecule has 0 unspecified atom stereocenters. The van der Waals surface area contributed by atoms with Crippen molar-refractivity contribution in [2.24, 2.45) is 0 Å². The summed E-state index contributed by atoms with van der Waals surface area (Å²) in [6, 6.07) is 9.14. The number of pyridine rings is 2. The summed E-state index contributed by atoms with van der Waals surface area (Å²) in [5.41, 5.74) is 2.13. The minimum absolute atomic E-state index is 0.235. The van der Waals surface area contributed by atoms with Crippen molar-refractivity contribution in [1.82, 2.24) is 9.97 Å². The molecular formula is C13H13N3O. The average Bonchev–Trinajstić information content (AvgIpc) is 2.29. The molecule has 2 heterocycles. The number of aryl methyl sites for hydroxylation is 2. The summed E-state index contributed by atoms with van der Waals surface area (Å²) in [6.07, 6.45) is 1.60. The standard InChI is InChI=1S/C13H13N3O/c1-9-5-4-8-14-12(9)13(17)16-11-7-3-6-10(2)15-11/h3-8H,1-2H3,(H,15,16,17). The van der Waals surface area contributed by atoms with Gasteiger partial charge in [-0.15, -0.1) is 0 Å². The number of hydrogen-bond acceptors (Lipinski definition) is 3. The van der Waals surface area contributed by atoms with Crippen LogP contribution in [0.5, 0.6) is 0 Å². The van der Waals surface area contributed by atoms with Gasteiger partial charge >= 0.3 is 0 Å². The van der Waals surface area contributed by atoms with E-state index in [1.807, 2.05) is 32.0 Å². The van der Waals surface area contributed by atoms with Gasteiger partial charge in [-0.25, -0.2) is 4.98 Å². The van der Waals surface area contributed by atoms with Crippen LogP contribution in [0.1, 0.15) is 21.7 Å². The van der Waals surface area contributed by atoms with Crippen LogP contribution in [0.3, 0.4) is 0 Å². The van der Waals surface area contributed by atoms with Gasteiger partial charge in [0.05, 0.1) is 0 Å². The van der Waals surface area contributed by atoms with E-state index in [0.717, 1.165) is 11.3 Å². The molecular weight excluding hydrogens is 214 g/mol. The normalized spacial score (nSPS) is 10.0. The number of amides is 1. The molecule has 0 aliphatic carbocycles. The van der Waals surface area contributed by atoms with Gasteiger partial charge in [-0.1, -0.05) is 12.1 Å². The van der Waals surface area contributed by atoms with Crippen LogP contribution < -0.4 is 5.32 Å². The minimum Gasteiger partial charge on any atom is -0.305 e. The number of aromatic nitrogens is 2. The van der Waals surface area contributed by atoms with Gasteiger partial charge in [-0.05, 0) is 37.6 Å². The highest BCUT2D eigenvalue weighted by atomic mass is 16.1. The second kappa shape index (κ2) is 4.74. The lowest BCUT2D eigenvalue weighted by Crippen LogP contribution is -2.16. The van der Waals surface area contributed by atoms with Gasteiger partial charge in [-0.2, -0.15) is 0 Å². The topological polar surface area (TPSA) is 54.9 Å². The molecule has 2 aromatic heterocycles. The van der Waals surface area contributed by atoms with E-state index < -0.39 is 0 Å². The Bertz CT molecular complexity index is 552. The molecule has 0 aliphatic rings. The third-order valence-electron chi connectivity index (χ3n) is 2.35. The largest absolute Gasteiger partial charge is 0.305 e. The van der Waals surface area contributed by atoms with Crippen molar-refractivity contribution >= 4 is 11.7 Å². The molecule has 86 valence electrons. The zero-order chi connectivity index (χ0) is 12.3. The van der Waals surface area contributed by atoms with Gasteiger partial charge < -0.3 is 5.32 Å². The fraction of sp³-hybridized carbons (Fsp3) is 0.154. The number of nitrogens with zero attached hydrogens (tertiary/aromatic N) is 2. The van der Waals surface area contributed by atoms with Crippen molar-refractivity contribution in [3.8, 4) is 0 Å². The molecule has 1 amide bonds. The first-order valence-electron chi connectivity index (χ1n) is 5.33. The van der Waals surface area contributed by atoms with Crippen LogP contribution in [-0.2, 0) is 0 Å². The molecule has 4 nitrogen and oxygen atoms in total. The number of rotatable bonds is 2. The molecule has 0 atom stereocenters. The second-order valence-electron chi connectivity index (χ2n) is 3.79. The quantitative estimate of drug-likeness (QED) is 0.856. The number of carbonyl (C=O) groups excluding carboxylic acids is 1. The van der Waals surface area contributed by atoms with Gasteiger partial charge in [0, 0.05) is 11.9 Å². The summed E-state index contributed by atoms with van der Waals surface area (Å²) < 4.78 is 0. The molecule has 0 aromatic carbocycles. The molecule has 17 heavy (non-hydrogen) atoms. The van der Waals surface area contributed by atoms with Crippen molar-refractivity contribution in [3.05, 3.63) is 53.5 Å². The van der Waals surface area contributed by atoms with Crippen LogP contribution in [-0.4, -0.2) is 15.9 Å². The molecule has 0 radical (unpaired) electrons. The molecule has 0 spiro atoms. The Kier molecular flexibility index (Phi) is 3.14. The summed E-state index contributed by atoms with van der Waals surface area (Å²) >= 11 is 0. The van der Waals surface area contributed by atoms with Crippen molar-refractivity contribution in [1.29, 1.82) is 0 Å². The first-order chi connectivity index (χ1) is 8.16. The van der Waals surface area contributed by atoms with Crippen LogP contribution in [0.25, 0.3) is 0 Å². The van der Waals surface area contributed by atoms with E-state index in [1.165, 1.54) is 0 Å². The van der Waals surface area contributed by atoms with E-state index in [1.54, 1.807) is 18.3 Å². The molecule has 0 bridgehead atoms. The van der Waals surface area contributed by atoms with E-state index >= 15 is 0 Å². The number of hydrogen-bond donors (Lipinski definition) is 1. The lowest BCUT2D eigenvalue weighted by molar-refractivity contribution is 0.102. The van der Waals surface area contributed by atoms with Crippen molar-refractivity contribution in [2.75, 3.05) is 5.32 Å². The zero-order valence-corrected chi connectivity index (χ0v) is 9.77. The first-order valence-corrected chi connectivity index (χ1v) is 5.33.